The molecule has 3 rings (SSSR count). The van der Waals surface area contributed by atoms with E-state index in [0.29, 0.717) is 5.16 Å². The van der Waals surface area contributed by atoms with Gasteiger partial charge >= 0.3 is 0 Å². The van der Waals surface area contributed by atoms with Crippen molar-refractivity contribution in [3.63, 3.8) is 0 Å². The maximum Gasteiger partial charge on any atom is 0.230 e. The summed E-state index contributed by atoms with van der Waals surface area (Å²) in [5.41, 5.74) is 7.63. The number of aromatic nitrogens is 3. The molecule has 0 spiro atoms. The average Bonchev–Trinajstić information content (AvgIpc) is 3.04. The van der Waals surface area contributed by atoms with Crippen molar-refractivity contribution in [3.05, 3.63) is 64.6 Å². The molecule has 0 radical (unpaired) electrons. The summed E-state index contributed by atoms with van der Waals surface area (Å²) in [6.07, 6.45) is 0.848. The number of nitrogens with two attached hydrogens (primary N) is 1. The summed E-state index contributed by atoms with van der Waals surface area (Å²) in [6, 6.07) is 18.2. The van der Waals surface area contributed by atoms with E-state index in [4.69, 9.17) is 5.73 Å². The van der Waals surface area contributed by atoms with Crippen LogP contribution in [0.4, 0.5) is 0 Å². The number of carbonyl (C=O) groups is 1. The molecular formula is C19H19BrN4OS. The molecule has 0 saturated carbocycles. The molecule has 0 aliphatic rings. The molecule has 0 fully saturated rings. The number of carbonyl (C=O) groups excluding carboxylic acids is 1. The molecule has 1 amide bonds. The summed E-state index contributed by atoms with van der Waals surface area (Å²) in [5, 5.41) is 9.00. The number of thioether (sulfide) groups is 1. The molecular weight excluding hydrogens is 412 g/mol. The van der Waals surface area contributed by atoms with Gasteiger partial charge in [0.05, 0.1) is 5.25 Å². The highest BCUT2D eigenvalue weighted by Crippen LogP contribution is 2.28. The normalized spacial score (nSPS) is 12.1. The van der Waals surface area contributed by atoms with Crippen LogP contribution in [0, 0.1) is 0 Å². The van der Waals surface area contributed by atoms with Gasteiger partial charge in [0.2, 0.25) is 5.91 Å². The van der Waals surface area contributed by atoms with Crippen LogP contribution in [-0.2, 0) is 17.8 Å². The SMILES string of the molecule is C[C@@H](Sc1nnc(-c2ccc(Br)cc2)n1CCc1ccccc1)C(N)=O. The Kier molecular flexibility index (Phi) is 6.11. The molecule has 134 valence electrons. The third-order valence-electron chi connectivity index (χ3n) is 3.97. The fraction of sp³-hybridized carbons (Fsp3) is 0.211. The van der Waals surface area contributed by atoms with Crippen LogP contribution >= 0.6 is 27.7 Å². The van der Waals surface area contributed by atoms with Crippen LogP contribution in [0.5, 0.6) is 0 Å². The topological polar surface area (TPSA) is 73.8 Å². The molecule has 0 saturated heterocycles. The monoisotopic (exact) mass is 430 g/mol. The number of aryl methyl sites for hydroxylation is 1. The number of rotatable bonds is 7. The second-order valence-corrected chi connectivity index (χ2v) is 8.09. The number of benzene rings is 2. The molecule has 2 N–H and O–H groups in total. The van der Waals surface area contributed by atoms with E-state index in [1.165, 1.54) is 17.3 Å². The van der Waals surface area contributed by atoms with Gasteiger partial charge < -0.3 is 10.3 Å². The Bertz CT molecular complexity index is 880. The van der Waals surface area contributed by atoms with Gasteiger partial charge in [-0.15, -0.1) is 10.2 Å². The second-order valence-electron chi connectivity index (χ2n) is 5.86. The quantitative estimate of drug-likeness (QED) is 0.576. The Morgan fingerprint density at radius 1 is 1.15 bits per heavy atom. The summed E-state index contributed by atoms with van der Waals surface area (Å²) in [4.78, 5) is 11.4. The van der Waals surface area contributed by atoms with Crippen LogP contribution in [0.15, 0.2) is 64.2 Å². The van der Waals surface area contributed by atoms with Crippen LogP contribution in [0.3, 0.4) is 0 Å². The van der Waals surface area contributed by atoms with Crippen molar-refractivity contribution >= 4 is 33.6 Å². The molecule has 0 unspecified atom stereocenters. The first-order chi connectivity index (χ1) is 12.5. The van der Waals surface area contributed by atoms with Gasteiger partial charge in [-0.2, -0.15) is 0 Å². The molecule has 7 heteroatoms. The minimum Gasteiger partial charge on any atom is -0.369 e. The highest BCUT2D eigenvalue weighted by Gasteiger charge is 2.19. The summed E-state index contributed by atoms with van der Waals surface area (Å²) < 4.78 is 3.06. The maximum absolute atomic E-state index is 11.4. The molecule has 0 aliphatic heterocycles. The number of halogens is 1. The zero-order chi connectivity index (χ0) is 18.5. The predicted molar refractivity (Wildman–Crippen MR) is 108 cm³/mol. The number of hydrogen-bond donors (Lipinski definition) is 1. The van der Waals surface area contributed by atoms with E-state index in [-0.39, 0.29) is 11.2 Å². The van der Waals surface area contributed by atoms with E-state index < -0.39 is 0 Å². The first kappa shape index (κ1) is 18.7. The predicted octanol–water partition coefficient (Wildman–Crippen LogP) is 3.92. The van der Waals surface area contributed by atoms with Crippen molar-refractivity contribution in [2.24, 2.45) is 5.73 Å². The number of amides is 1. The lowest BCUT2D eigenvalue weighted by atomic mass is 10.1. The molecule has 2 aromatic carbocycles. The molecule has 0 bridgehead atoms. The lowest BCUT2D eigenvalue weighted by Crippen LogP contribution is -2.23. The van der Waals surface area contributed by atoms with Gasteiger partial charge in [0, 0.05) is 16.6 Å². The Labute approximate surface area is 165 Å². The van der Waals surface area contributed by atoms with Crippen molar-refractivity contribution in [2.75, 3.05) is 0 Å². The Balaban J connectivity index is 1.91. The zero-order valence-electron chi connectivity index (χ0n) is 14.3. The van der Waals surface area contributed by atoms with Crippen molar-refractivity contribution in [1.82, 2.24) is 14.8 Å². The molecule has 5 nitrogen and oxygen atoms in total. The lowest BCUT2D eigenvalue weighted by Gasteiger charge is -2.12. The van der Waals surface area contributed by atoms with Crippen molar-refractivity contribution in [3.8, 4) is 11.4 Å². The summed E-state index contributed by atoms with van der Waals surface area (Å²) in [6.45, 7) is 2.50. The third-order valence-corrected chi connectivity index (χ3v) is 5.60. The zero-order valence-corrected chi connectivity index (χ0v) is 16.7. The molecule has 0 aliphatic carbocycles. The molecule has 1 heterocycles. The van der Waals surface area contributed by atoms with E-state index in [1.54, 1.807) is 6.92 Å². The van der Waals surface area contributed by atoms with Crippen LogP contribution in [-0.4, -0.2) is 25.9 Å². The maximum atomic E-state index is 11.4. The van der Waals surface area contributed by atoms with Crippen LogP contribution < -0.4 is 5.73 Å². The second kappa shape index (κ2) is 8.51. The fourth-order valence-electron chi connectivity index (χ4n) is 2.49. The number of primary amides is 1. The number of nitrogens with zero attached hydrogens (tertiary/aromatic N) is 3. The lowest BCUT2D eigenvalue weighted by molar-refractivity contribution is -0.117. The van der Waals surface area contributed by atoms with Crippen LogP contribution in [0.1, 0.15) is 12.5 Å². The van der Waals surface area contributed by atoms with Gasteiger partial charge in [0.15, 0.2) is 11.0 Å². The summed E-state index contributed by atoms with van der Waals surface area (Å²) >= 11 is 4.79. The van der Waals surface area contributed by atoms with Crippen molar-refractivity contribution in [1.29, 1.82) is 0 Å². The van der Waals surface area contributed by atoms with Gasteiger partial charge in [0.1, 0.15) is 0 Å². The van der Waals surface area contributed by atoms with Crippen molar-refractivity contribution in [2.45, 2.75) is 30.3 Å². The molecule has 1 atom stereocenters. The van der Waals surface area contributed by atoms with E-state index >= 15 is 0 Å². The Hall–Kier alpha value is -2.12. The Morgan fingerprint density at radius 3 is 2.50 bits per heavy atom. The van der Waals surface area contributed by atoms with E-state index in [2.05, 4.69) is 42.8 Å². The first-order valence-electron chi connectivity index (χ1n) is 8.23. The van der Waals surface area contributed by atoms with Crippen molar-refractivity contribution < 1.29 is 4.79 Å². The van der Waals surface area contributed by atoms with E-state index in [9.17, 15) is 4.79 Å². The first-order valence-corrected chi connectivity index (χ1v) is 9.91. The van der Waals surface area contributed by atoms with Gasteiger partial charge in [-0.05, 0) is 31.0 Å². The summed E-state index contributed by atoms with van der Waals surface area (Å²) in [7, 11) is 0. The van der Waals surface area contributed by atoms with E-state index in [0.717, 1.165) is 28.8 Å². The molecule has 3 aromatic rings. The summed E-state index contributed by atoms with van der Waals surface area (Å²) in [5.74, 6) is 0.422. The molecule has 26 heavy (non-hydrogen) atoms. The van der Waals surface area contributed by atoms with Gasteiger partial charge in [0.25, 0.3) is 0 Å². The third kappa shape index (κ3) is 4.53. The minimum absolute atomic E-state index is 0.363. The smallest absolute Gasteiger partial charge is 0.230 e. The highest BCUT2D eigenvalue weighted by atomic mass is 79.9. The number of hydrogen-bond acceptors (Lipinski definition) is 4. The average molecular weight is 431 g/mol. The van der Waals surface area contributed by atoms with Crippen LogP contribution in [0.25, 0.3) is 11.4 Å². The molecule has 1 aromatic heterocycles. The Morgan fingerprint density at radius 2 is 1.85 bits per heavy atom. The highest BCUT2D eigenvalue weighted by molar-refractivity contribution is 9.10. The van der Waals surface area contributed by atoms with Crippen LogP contribution in [0.2, 0.25) is 0 Å². The fourth-order valence-corrected chi connectivity index (χ4v) is 3.58. The van der Waals surface area contributed by atoms with Gasteiger partial charge in [-0.1, -0.05) is 70.2 Å². The largest absolute Gasteiger partial charge is 0.369 e. The van der Waals surface area contributed by atoms with Gasteiger partial charge in [-0.25, -0.2) is 0 Å². The van der Waals surface area contributed by atoms with E-state index in [1.807, 2.05) is 42.5 Å². The minimum atomic E-state index is -0.368. The van der Waals surface area contributed by atoms with Gasteiger partial charge in [-0.3, -0.25) is 4.79 Å². The standard InChI is InChI=1S/C19H19BrN4OS/c1-13(17(21)25)26-19-23-22-18(15-7-9-16(20)10-8-15)24(19)12-11-14-5-3-2-4-6-14/h2-10,13H,11-12H2,1H3,(H2,21,25)/t13-/m1/s1.